The smallest absolute Gasteiger partial charge is 0.303 e. The van der Waals surface area contributed by atoms with Crippen molar-refractivity contribution in [1.29, 1.82) is 0 Å². The summed E-state index contributed by atoms with van der Waals surface area (Å²) in [6.45, 7) is 3.87. The van der Waals surface area contributed by atoms with Crippen molar-refractivity contribution in [2.24, 2.45) is 0 Å². The summed E-state index contributed by atoms with van der Waals surface area (Å²) < 4.78 is 28.6. The number of rotatable bonds is 19. The zero-order chi connectivity index (χ0) is 26.2. The molecule has 1 saturated heterocycles. The van der Waals surface area contributed by atoms with E-state index in [1.54, 1.807) is 12.1 Å². The van der Waals surface area contributed by atoms with E-state index in [0.29, 0.717) is 24.4 Å². The quantitative estimate of drug-likeness (QED) is 0.149. The van der Waals surface area contributed by atoms with Gasteiger partial charge in [-0.05, 0) is 56.5 Å². The van der Waals surface area contributed by atoms with Gasteiger partial charge in [0.15, 0.2) is 0 Å². The summed E-state index contributed by atoms with van der Waals surface area (Å²) in [7, 11) is -3.61. The van der Waals surface area contributed by atoms with Gasteiger partial charge in [-0.15, -0.1) is 0 Å². The first kappa shape index (κ1) is 30.8. The maximum absolute atomic E-state index is 12.9. The van der Waals surface area contributed by atoms with E-state index in [4.69, 9.17) is 16.7 Å². The Bertz CT molecular complexity index is 889. The topological polar surface area (TPSA) is 86.7 Å². The molecule has 1 aromatic rings. The number of carbonyl (C=O) groups is 1. The predicted octanol–water partition coefficient (Wildman–Crippen LogP) is 6.79. The molecular weight excluding hydrogens is 496 g/mol. The number of benzene rings is 1. The number of hydrogen-bond acceptors (Lipinski definition) is 4. The van der Waals surface area contributed by atoms with Crippen LogP contribution in [-0.4, -0.2) is 49.6 Å². The predicted molar refractivity (Wildman–Crippen MR) is 148 cm³/mol. The highest BCUT2D eigenvalue weighted by Gasteiger charge is 2.32. The van der Waals surface area contributed by atoms with Crippen LogP contribution in [0.1, 0.15) is 96.8 Å². The van der Waals surface area contributed by atoms with Crippen molar-refractivity contribution in [1.82, 2.24) is 9.62 Å². The number of aliphatic carboxylic acids is 1. The molecule has 0 unspecified atom stereocenters. The number of allylic oxidation sites excluding steroid dienone is 1. The second kappa shape index (κ2) is 17.2. The van der Waals surface area contributed by atoms with Crippen molar-refractivity contribution in [3.8, 4) is 0 Å². The first-order valence-corrected chi connectivity index (χ1v) is 15.6. The molecule has 0 radical (unpaired) electrons. The highest BCUT2D eigenvalue weighted by molar-refractivity contribution is 7.89. The van der Waals surface area contributed by atoms with Crippen LogP contribution in [0, 0.1) is 0 Å². The monoisotopic (exact) mass is 540 g/mol. The van der Waals surface area contributed by atoms with Crippen molar-refractivity contribution >= 4 is 27.6 Å². The zero-order valence-corrected chi connectivity index (χ0v) is 23.4. The van der Waals surface area contributed by atoms with Gasteiger partial charge in [-0.1, -0.05) is 88.5 Å². The summed E-state index contributed by atoms with van der Waals surface area (Å²) in [5.74, 6) is -0.775. The van der Waals surface area contributed by atoms with E-state index in [1.165, 1.54) is 69.9 Å². The van der Waals surface area contributed by atoms with Gasteiger partial charge < -0.3 is 5.11 Å². The van der Waals surface area contributed by atoms with Crippen molar-refractivity contribution in [2.45, 2.75) is 114 Å². The molecule has 0 aromatic heterocycles. The second-order valence-corrected chi connectivity index (χ2v) is 12.1. The molecule has 0 aliphatic carbocycles. The molecule has 2 atom stereocenters. The number of nitrogens with zero attached hydrogens (tertiary/aromatic N) is 1. The van der Waals surface area contributed by atoms with Gasteiger partial charge in [0.2, 0.25) is 10.0 Å². The van der Waals surface area contributed by atoms with E-state index in [9.17, 15) is 13.2 Å². The molecule has 1 heterocycles. The molecule has 36 heavy (non-hydrogen) atoms. The SMILES string of the molecule is CCCCCCCCCCCCN1C[C@H](NS(=O)(=O)c2ccc(Cl)cc2)C[C@H]1C=CCCCC(=O)O. The van der Waals surface area contributed by atoms with Crippen LogP contribution in [0.25, 0.3) is 0 Å². The maximum Gasteiger partial charge on any atom is 0.303 e. The van der Waals surface area contributed by atoms with Gasteiger partial charge in [-0.25, -0.2) is 13.1 Å². The lowest BCUT2D eigenvalue weighted by molar-refractivity contribution is -0.137. The van der Waals surface area contributed by atoms with E-state index in [1.807, 2.05) is 0 Å². The summed E-state index contributed by atoms with van der Waals surface area (Å²) in [6, 6.07) is 6.23. The highest BCUT2D eigenvalue weighted by atomic mass is 35.5. The van der Waals surface area contributed by atoms with E-state index in [2.05, 4.69) is 28.7 Å². The minimum atomic E-state index is -3.61. The molecule has 0 spiro atoms. The summed E-state index contributed by atoms with van der Waals surface area (Å²) in [6.07, 6.45) is 19.3. The van der Waals surface area contributed by atoms with Gasteiger partial charge in [0.1, 0.15) is 0 Å². The molecule has 0 saturated carbocycles. The van der Waals surface area contributed by atoms with Crippen LogP contribution in [0.5, 0.6) is 0 Å². The molecule has 8 heteroatoms. The lowest BCUT2D eigenvalue weighted by Crippen LogP contribution is -2.37. The molecule has 0 bridgehead atoms. The van der Waals surface area contributed by atoms with Crippen molar-refractivity contribution in [2.75, 3.05) is 13.1 Å². The van der Waals surface area contributed by atoms with Crippen LogP contribution in [0.3, 0.4) is 0 Å². The number of unbranched alkanes of at least 4 members (excludes halogenated alkanes) is 10. The first-order valence-electron chi connectivity index (χ1n) is 13.7. The number of likely N-dealkylation sites (tertiary alicyclic amines) is 1. The maximum atomic E-state index is 12.9. The van der Waals surface area contributed by atoms with E-state index >= 15 is 0 Å². The fourth-order valence-corrected chi connectivity index (χ4v) is 6.17. The largest absolute Gasteiger partial charge is 0.481 e. The van der Waals surface area contributed by atoms with Crippen LogP contribution in [-0.2, 0) is 14.8 Å². The fraction of sp³-hybridized carbons (Fsp3) is 0.679. The number of carboxylic acids is 1. The fourth-order valence-electron chi connectivity index (χ4n) is 4.80. The summed E-state index contributed by atoms with van der Waals surface area (Å²) in [4.78, 5) is 13.3. The molecule has 1 aliphatic heterocycles. The third kappa shape index (κ3) is 12.2. The van der Waals surface area contributed by atoms with Crippen molar-refractivity contribution < 1.29 is 18.3 Å². The van der Waals surface area contributed by atoms with Crippen LogP contribution >= 0.6 is 11.6 Å². The number of hydrogen-bond donors (Lipinski definition) is 2. The third-order valence-corrected chi connectivity index (χ3v) is 8.60. The average molecular weight is 541 g/mol. The normalized spacial score (nSPS) is 18.8. The van der Waals surface area contributed by atoms with E-state index < -0.39 is 16.0 Å². The molecular formula is C28H45ClN2O4S. The summed E-state index contributed by atoms with van der Waals surface area (Å²) in [5.41, 5.74) is 0. The summed E-state index contributed by atoms with van der Waals surface area (Å²) in [5, 5.41) is 9.34. The number of sulfonamides is 1. The average Bonchev–Trinajstić information content (AvgIpc) is 3.20. The Balaban J connectivity index is 1.83. The number of nitrogens with one attached hydrogen (secondary N) is 1. The highest BCUT2D eigenvalue weighted by Crippen LogP contribution is 2.23. The molecule has 2 rings (SSSR count). The van der Waals surface area contributed by atoms with Crippen LogP contribution in [0.2, 0.25) is 5.02 Å². The Morgan fingerprint density at radius 1 is 1.03 bits per heavy atom. The van der Waals surface area contributed by atoms with E-state index in [-0.39, 0.29) is 23.4 Å². The second-order valence-electron chi connectivity index (χ2n) is 9.97. The third-order valence-electron chi connectivity index (χ3n) is 6.81. The lowest BCUT2D eigenvalue weighted by atomic mass is 10.1. The van der Waals surface area contributed by atoms with Crippen LogP contribution in [0.15, 0.2) is 41.3 Å². The Labute approximate surface area is 223 Å². The summed E-state index contributed by atoms with van der Waals surface area (Å²) >= 11 is 5.91. The Morgan fingerprint density at radius 3 is 2.25 bits per heavy atom. The van der Waals surface area contributed by atoms with Crippen molar-refractivity contribution in [3.63, 3.8) is 0 Å². The minimum absolute atomic E-state index is 0.159. The number of carboxylic acid groups (broad SMARTS) is 1. The molecule has 6 nitrogen and oxygen atoms in total. The van der Waals surface area contributed by atoms with Gasteiger partial charge in [0.25, 0.3) is 0 Å². The first-order chi connectivity index (χ1) is 17.3. The Hall–Kier alpha value is -1.41. The van der Waals surface area contributed by atoms with Gasteiger partial charge in [0, 0.05) is 30.1 Å². The Morgan fingerprint density at radius 2 is 1.64 bits per heavy atom. The molecule has 2 N–H and O–H groups in total. The minimum Gasteiger partial charge on any atom is -0.481 e. The van der Waals surface area contributed by atoms with Crippen LogP contribution < -0.4 is 4.72 Å². The van der Waals surface area contributed by atoms with Gasteiger partial charge in [-0.2, -0.15) is 0 Å². The molecule has 1 fully saturated rings. The van der Waals surface area contributed by atoms with Crippen molar-refractivity contribution in [3.05, 3.63) is 41.4 Å². The van der Waals surface area contributed by atoms with Gasteiger partial charge in [0.05, 0.1) is 4.90 Å². The lowest BCUT2D eigenvalue weighted by Gasteiger charge is -2.21. The molecule has 204 valence electrons. The standard InChI is InChI=1S/C28H45ClN2O4S/c1-2-3-4-5-6-7-8-9-10-14-21-31-23-25(22-26(31)15-12-11-13-16-28(32)33)30-36(34,35)27-19-17-24(29)18-20-27/h12,15,17-20,25-26,30H,2-11,13-14,16,21-23H2,1H3,(H,32,33)/t25-,26-/m1/s1. The molecule has 1 aromatic carbocycles. The van der Waals surface area contributed by atoms with Gasteiger partial charge >= 0.3 is 5.97 Å². The zero-order valence-electron chi connectivity index (χ0n) is 21.8. The molecule has 0 amide bonds. The van der Waals surface area contributed by atoms with Crippen LogP contribution in [0.4, 0.5) is 0 Å². The molecule has 1 aliphatic rings. The van der Waals surface area contributed by atoms with Gasteiger partial charge in [-0.3, -0.25) is 9.69 Å². The number of halogens is 1. The van der Waals surface area contributed by atoms with E-state index in [0.717, 1.165) is 19.4 Å². The Kier molecular flexibility index (Phi) is 14.7.